The molecular formula is C26H29N7O7. The van der Waals surface area contributed by atoms with Crippen LogP contribution < -0.4 is 21.1 Å². The van der Waals surface area contributed by atoms with E-state index in [0.29, 0.717) is 0 Å². The van der Waals surface area contributed by atoms with Gasteiger partial charge in [-0.25, -0.2) is 19.3 Å². The largest absolute Gasteiger partial charge is 0.443 e. The number of carbonyl (C=O) groups excluding carboxylic acids is 2. The van der Waals surface area contributed by atoms with E-state index in [1.807, 2.05) is 0 Å². The van der Waals surface area contributed by atoms with E-state index >= 15 is 0 Å². The van der Waals surface area contributed by atoms with Crippen molar-refractivity contribution >= 4 is 40.2 Å². The molecule has 0 saturated heterocycles. The second kappa shape index (κ2) is 10.4. The number of anilines is 3. The van der Waals surface area contributed by atoms with Crippen molar-refractivity contribution in [3.05, 3.63) is 53.0 Å². The van der Waals surface area contributed by atoms with Gasteiger partial charge >= 0.3 is 12.1 Å². The highest BCUT2D eigenvalue weighted by Gasteiger charge is 2.34. The fourth-order valence-electron chi connectivity index (χ4n) is 4.17. The van der Waals surface area contributed by atoms with E-state index in [-0.39, 0.29) is 52.1 Å². The van der Waals surface area contributed by atoms with Gasteiger partial charge in [-0.05, 0) is 45.7 Å². The second-order valence-electron chi connectivity index (χ2n) is 10.2. The summed E-state index contributed by atoms with van der Waals surface area (Å²) >= 11 is 0. The molecule has 5 rings (SSSR count). The van der Waals surface area contributed by atoms with Crippen LogP contribution in [0.25, 0.3) is 17.0 Å². The lowest BCUT2D eigenvalue weighted by Crippen LogP contribution is -2.51. The monoisotopic (exact) mass is 551 g/mol. The van der Waals surface area contributed by atoms with Crippen LogP contribution in [-0.4, -0.2) is 63.6 Å². The fourth-order valence-corrected chi connectivity index (χ4v) is 4.17. The summed E-state index contributed by atoms with van der Waals surface area (Å²) in [5.74, 6) is -0.531. The average molecular weight is 552 g/mol. The number of aromatic nitrogens is 4. The Morgan fingerprint density at radius 1 is 1.23 bits per heavy atom. The number of fused-ring (bicyclic) bond motifs is 1. The number of ether oxygens (including phenoxy) is 2. The first-order valence-electron chi connectivity index (χ1n) is 12.5. The van der Waals surface area contributed by atoms with Crippen molar-refractivity contribution < 1.29 is 28.0 Å². The average Bonchev–Trinajstić information content (AvgIpc) is 3.57. The standard InChI is InChI=1S/C26H29N7O7/c1-26(2,3)39-25(36)32(4)16-13-18(28-15-7-6-11-33(23(15)35)24-27-10-12-38-24)30-20-19(16)31-40-21(20)22(34)29-14-8-9-17(14)37-5/h6-7,10-14,17H,8-9H2,1-5H3,(H,28,30)(H,29,34)/t14-,17-/m1/s1. The quantitative estimate of drug-likeness (QED) is 0.345. The molecule has 1 aliphatic carbocycles. The maximum Gasteiger partial charge on any atom is 0.414 e. The number of carbonyl (C=O) groups is 2. The number of nitrogens with one attached hydrogen (secondary N) is 2. The highest BCUT2D eigenvalue weighted by atomic mass is 16.6. The Kier molecular flexibility index (Phi) is 7.02. The summed E-state index contributed by atoms with van der Waals surface area (Å²) in [5.41, 5.74) is -0.599. The molecule has 0 aliphatic heterocycles. The smallest absolute Gasteiger partial charge is 0.414 e. The zero-order valence-electron chi connectivity index (χ0n) is 22.6. The first kappa shape index (κ1) is 26.9. The second-order valence-corrected chi connectivity index (χ2v) is 10.2. The van der Waals surface area contributed by atoms with Crippen molar-refractivity contribution in [3.63, 3.8) is 0 Å². The molecule has 0 spiro atoms. The summed E-state index contributed by atoms with van der Waals surface area (Å²) in [6.45, 7) is 5.23. The van der Waals surface area contributed by atoms with Gasteiger partial charge in [0.25, 0.3) is 11.5 Å². The normalized spacial score (nSPS) is 16.8. The molecule has 1 fully saturated rings. The summed E-state index contributed by atoms with van der Waals surface area (Å²) in [5, 5.41) is 9.90. The first-order valence-corrected chi connectivity index (χ1v) is 12.5. The van der Waals surface area contributed by atoms with E-state index in [2.05, 4.69) is 25.8 Å². The maximum absolute atomic E-state index is 13.2. The molecule has 4 heterocycles. The summed E-state index contributed by atoms with van der Waals surface area (Å²) in [6.07, 6.45) is 5.12. The number of amides is 2. The van der Waals surface area contributed by atoms with Crippen LogP contribution in [0.1, 0.15) is 44.2 Å². The highest BCUT2D eigenvalue weighted by molar-refractivity contribution is 6.07. The number of oxazole rings is 1. The van der Waals surface area contributed by atoms with Crippen LogP contribution in [0.4, 0.5) is 22.0 Å². The van der Waals surface area contributed by atoms with Crippen LogP contribution in [0.5, 0.6) is 0 Å². The van der Waals surface area contributed by atoms with Gasteiger partial charge in [0, 0.05) is 26.4 Å². The lowest BCUT2D eigenvalue weighted by molar-refractivity contribution is 0.00677. The minimum Gasteiger partial charge on any atom is -0.443 e. The van der Waals surface area contributed by atoms with Crippen LogP contribution in [0.3, 0.4) is 0 Å². The summed E-state index contributed by atoms with van der Waals surface area (Å²) in [7, 11) is 3.08. The van der Waals surface area contributed by atoms with Gasteiger partial charge in [-0.15, -0.1) is 0 Å². The molecule has 40 heavy (non-hydrogen) atoms. The van der Waals surface area contributed by atoms with Crippen molar-refractivity contribution in [2.45, 2.75) is 51.4 Å². The van der Waals surface area contributed by atoms with Gasteiger partial charge in [0.05, 0.1) is 24.0 Å². The zero-order valence-corrected chi connectivity index (χ0v) is 22.6. The van der Waals surface area contributed by atoms with Crippen molar-refractivity contribution in [3.8, 4) is 6.01 Å². The van der Waals surface area contributed by atoms with E-state index in [1.54, 1.807) is 40.0 Å². The van der Waals surface area contributed by atoms with Gasteiger partial charge in [0.2, 0.25) is 5.76 Å². The number of rotatable bonds is 7. The third-order valence-corrected chi connectivity index (χ3v) is 6.32. The Morgan fingerprint density at radius 3 is 2.67 bits per heavy atom. The van der Waals surface area contributed by atoms with Crippen molar-refractivity contribution in [2.24, 2.45) is 0 Å². The Labute approximate surface area is 228 Å². The molecule has 2 N–H and O–H groups in total. The van der Waals surface area contributed by atoms with E-state index in [9.17, 15) is 14.4 Å². The van der Waals surface area contributed by atoms with Crippen LogP contribution >= 0.6 is 0 Å². The summed E-state index contributed by atoms with van der Waals surface area (Å²) in [4.78, 5) is 49.0. The molecule has 14 heteroatoms. The molecule has 0 radical (unpaired) electrons. The zero-order chi connectivity index (χ0) is 28.6. The summed E-state index contributed by atoms with van der Waals surface area (Å²) in [6, 6.07) is 4.59. The molecule has 2 amide bonds. The fraction of sp³-hybridized carbons (Fsp3) is 0.385. The third kappa shape index (κ3) is 5.25. The Balaban J connectivity index is 1.55. The number of methoxy groups -OCH3 is 1. The maximum atomic E-state index is 13.2. The third-order valence-electron chi connectivity index (χ3n) is 6.32. The van der Waals surface area contributed by atoms with E-state index in [0.717, 1.165) is 12.8 Å². The molecule has 0 unspecified atom stereocenters. The van der Waals surface area contributed by atoms with Crippen LogP contribution in [-0.2, 0) is 9.47 Å². The summed E-state index contributed by atoms with van der Waals surface area (Å²) < 4.78 is 22.8. The predicted octanol–water partition coefficient (Wildman–Crippen LogP) is 3.38. The van der Waals surface area contributed by atoms with Crippen molar-refractivity contribution in [2.75, 3.05) is 24.4 Å². The Morgan fingerprint density at radius 2 is 2.02 bits per heavy atom. The topological polar surface area (TPSA) is 167 Å². The minimum absolute atomic E-state index is 0.0881. The van der Waals surface area contributed by atoms with Crippen LogP contribution in [0.15, 0.2) is 50.6 Å². The van der Waals surface area contributed by atoms with Gasteiger partial charge in [-0.2, -0.15) is 0 Å². The SMILES string of the molecule is CO[C@@H]1CC[C@H]1NC(=O)c1onc2c(N(C)C(=O)OC(C)(C)C)cc(Nc3cccn(-c4ncco4)c3=O)nc12. The van der Waals surface area contributed by atoms with Crippen molar-refractivity contribution in [1.82, 2.24) is 25.0 Å². The van der Waals surface area contributed by atoms with Gasteiger partial charge in [0.1, 0.15) is 28.9 Å². The molecule has 1 saturated carbocycles. The predicted molar refractivity (Wildman–Crippen MR) is 143 cm³/mol. The van der Waals surface area contributed by atoms with Gasteiger partial charge in [-0.3, -0.25) is 14.5 Å². The first-order chi connectivity index (χ1) is 19.1. The number of nitrogens with zero attached hydrogens (tertiary/aromatic N) is 5. The van der Waals surface area contributed by atoms with E-state index in [4.69, 9.17) is 18.4 Å². The Bertz CT molecular complexity index is 1600. The molecule has 4 aromatic heterocycles. The minimum atomic E-state index is -0.761. The molecule has 0 bridgehead atoms. The number of hydrogen-bond acceptors (Lipinski definition) is 11. The van der Waals surface area contributed by atoms with E-state index < -0.39 is 23.2 Å². The Hall–Kier alpha value is -4.72. The van der Waals surface area contributed by atoms with Crippen LogP contribution in [0, 0.1) is 0 Å². The molecule has 2 atom stereocenters. The molecule has 14 nitrogen and oxygen atoms in total. The molecular weight excluding hydrogens is 522 g/mol. The van der Waals surface area contributed by atoms with Crippen LogP contribution in [0.2, 0.25) is 0 Å². The molecule has 1 aliphatic rings. The highest BCUT2D eigenvalue weighted by Crippen LogP contribution is 2.32. The molecule has 4 aromatic rings. The van der Waals surface area contributed by atoms with E-state index in [1.165, 1.54) is 41.2 Å². The van der Waals surface area contributed by atoms with Gasteiger partial charge in [0.15, 0.2) is 5.52 Å². The number of pyridine rings is 2. The lowest BCUT2D eigenvalue weighted by Gasteiger charge is -2.35. The van der Waals surface area contributed by atoms with Crippen molar-refractivity contribution in [1.29, 1.82) is 0 Å². The molecule has 0 aromatic carbocycles. The van der Waals surface area contributed by atoms with Gasteiger partial charge in [-0.1, -0.05) is 5.16 Å². The van der Waals surface area contributed by atoms with Gasteiger partial charge < -0.3 is 29.0 Å². The lowest BCUT2D eigenvalue weighted by atomic mass is 9.89. The molecule has 210 valence electrons. The number of hydrogen-bond donors (Lipinski definition) is 2.